The van der Waals surface area contributed by atoms with Crippen molar-refractivity contribution < 1.29 is 24.2 Å². The summed E-state index contributed by atoms with van der Waals surface area (Å²) in [5, 5.41) is 23.9. The fraction of sp³-hybridized carbons (Fsp3) is 0. The number of hydrogen-bond acceptors (Lipinski definition) is 9. The van der Waals surface area contributed by atoms with Crippen LogP contribution in [0.15, 0.2) is 179 Å². The predicted octanol–water partition coefficient (Wildman–Crippen LogP) is 8.40. The summed E-state index contributed by atoms with van der Waals surface area (Å²) in [5.74, 6) is -1.44. The minimum atomic E-state index is -0.692. The summed E-state index contributed by atoms with van der Waals surface area (Å²) in [6, 6.07) is 42.6. The molecular formula is C45H28N6O7. The fourth-order valence-corrected chi connectivity index (χ4v) is 6.68. The number of carbonyl (C=O) groups excluding carboxylic acids is 3. The minimum absolute atomic E-state index is 0.0734. The molecule has 2 amide bonds. The highest BCUT2D eigenvalue weighted by Gasteiger charge is 2.40. The Bertz CT molecular complexity index is 2800. The number of carbonyl (C=O) groups is 3. The predicted molar refractivity (Wildman–Crippen MR) is 219 cm³/mol. The van der Waals surface area contributed by atoms with Crippen molar-refractivity contribution in [2.24, 2.45) is 9.98 Å². The third-order valence-corrected chi connectivity index (χ3v) is 9.39. The van der Waals surface area contributed by atoms with Gasteiger partial charge < -0.3 is 0 Å². The maximum absolute atomic E-state index is 14.8. The third kappa shape index (κ3) is 6.86. The van der Waals surface area contributed by atoms with Gasteiger partial charge in [-0.3, -0.25) is 44.4 Å². The topological polar surface area (TPSA) is 169 Å². The van der Waals surface area contributed by atoms with Crippen LogP contribution in [-0.4, -0.2) is 39.1 Å². The molecule has 0 aliphatic carbocycles. The lowest BCUT2D eigenvalue weighted by molar-refractivity contribution is -0.385. The van der Waals surface area contributed by atoms with Crippen molar-refractivity contribution in [1.82, 2.24) is 0 Å². The van der Waals surface area contributed by atoms with E-state index in [2.05, 4.69) is 0 Å². The average molecular weight is 765 g/mol. The standard InChI is InChI=1S/C45H28N6O7/c52-41(29-14-4-1-5-15-29)34-24-25-39(48-42(30-16-6-2-7-17-30)46-35(44(48)53)26-32-20-10-12-22-37(32)50(55)56)40(28-34)49-43(31-18-8-3-9-19-31)47-36(45(49)54)27-33-21-11-13-23-38(33)51(57)58/h1-28H. The van der Waals surface area contributed by atoms with Gasteiger partial charge in [-0.1, -0.05) is 115 Å². The number of amides is 2. The Morgan fingerprint density at radius 3 is 1.38 bits per heavy atom. The Morgan fingerprint density at radius 2 is 0.914 bits per heavy atom. The van der Waals surface area contributed by atoms with Crippen molar-refractivity contribution >= 4 is 64.2 Å². The maximum atomic E-state index is 14.8. The molecule has 0 aromatic heterocycles. The summed E-state index contributed by atoms with van der Waals surface area (Å²) in [6.07, 6.45) is 2.66. The van der Waals surface area contributed by atoms with Crippen LogP contribution in [0.5, 0.6) is 0 Å². The molecule has 8 rings (SSSR count). The molecule has 58 heavy (non-hydrogen) atoms. The molecule has 0 saturated carbocycles. The van der Waals surface area contributed by atoms with Crippen LogP contribution in [0, 0.1) is 20.2 Å². The van der Waals surface area contributed by atoms with Gasteiger partial charge in [0.2, 0.25) is 0 Å². The molecule has 2 aliphatic heterocycles. The number of nitrogens with zero attached hydrogens (tertiary/aromatic N) is 6. The van der Waals surface area contributed by atoms with Crippen LogP contribution in [0.4, 0.5) is 22.7 Å². The van der Waals surface area contributed by atoms with E-state index in [-0.39, 0.29) is 68.3 Å². The zero-order valence-electron chi connectivity index (χ0n) is 30.2. The highest BCUT2D eigenvalue weighted by Crippen LogP contribution is 2.40. The number of benzene rings is 6. The number of rotatable bonds is 10. The molecular weight excluding hydrogens is 737 g/mol. The molecule has 2 heterocycles. The number of hydrogen-bond donors (Lipinski definition) is 0. The van der Waals surface area contributed by atoms with Gasteiger partial charge in [0.25, 0.3) is 23.2 Å². The third-order valence-electron chi connectivity index (χ3n) is 9.39. The van der Waals surface area contributed by atoms with E-state index in [0.717, 1.165) is 0 Å². The van der Waals surface area contributed by atoms with Gasteiger partial charge >= 0.3 is 0 Å². The smallest absolute Gasteiger partial charge is 0.282 e. The number of nitro benzene ring substituents is 2. The summed E-state index contributed by atoms with van der Waals surface area (Å²) in [7, 11) is 0. The minimum Gasteiger partial charge on any atom is -0.289 e. The number of aliphatic imine (C=N–C) groups is 2. The van der Waals surface area contributed by atoms with Crippen molar-refractivity contribution in [3.8, 4) is 0 Å². The second kappa shape index (κ2) is 15.4. The molecule has 0 atom stereocenters. The summed E-state index contributed by atoms with van der Waals surface area (Å²) < 4.78 is 0. The lowest BCUT2D eigenvalue weighted by Crippen LogP contribution is -2.38. The second-order valence-corrected chi connectivity index (χ2v) is 13.0. The average Bonchev–Trinajstić information content (AvgIpc) is 3.76. The highest BCUT2D eigenvalue weighted by atomic mass is 16.6. The van der Waals surface area contributed by atoms with E-state index >= 15 is 0 Å². The highest BCUT2D eigenvalue weighted by molar-refractivity contribution is 6.38. The van der Waals surface area contributed by atoms with Gasteiger partial charge in [-0.05, 0) is 42.5 Å². The zero-order chi connectivity index (χ0) is 40.3. The molecule has 2 aliphatic rings. The second-order valence-electron chi connectivity index (χ2n) is 13.0. The Kier molecular flexibility index (Phi) is 9.67. The molecule has 0 radical (unpaired) electrons. The molecule has 13 heteroatoms. The summed E-state index contributed by atoms with van der Waals surface area (Å²) in [4.78, 5) is 78.3. The molecule has 13 nitrogen and oxygen atoms in total. The van der Waals surface area contributed by atoms with Crippen molar-refractivity contribution in [2.75, 3.05) is 9.80 Å². The molecule has 0 N–H and O–H groups in total. The van der Waals surface area contributed by atoms with Crippen LogP contribution in [0.25, 0.3) is 12.2 Å². The van der Waals surface area contributed by atoms with E-state index in [4.69, 9.17) is 9.98 Å². The van der Waals surface area contributed by atoms with Crippen molar-refractivity contribution in [3.05, 3.63) is 223 Å². The Morgan fingerprint density at radius 1 is 0.500 bits per heavy atom. The van der Waals surface area contributed by atoms with Gasteiger partial charge in [0.1, 0.15) is 23.1 Å². The summed E-state index contributed by atoms with van der Waals surface area (Å²) >= 11 is 0. The maximum Gasteiger partial charge on any atom is 0.282 e. The molecule has 0 bridgehead atoms. The van der Waals surface area contributed by atoms with E-state index in [9.17, 15) is 34.6 Å². The van der Waals surface area contributed by atoms with Crippen molar-refractivity contribution in [1.29, 1.82) is 0 Å². The molecule has 0 saturated heterocycles. The summed E-state index contributed by atoms with van der Waals surface area (Å²) in [5.41, 5.74) is 1.33. The first-order valence-corrected chi connectivity index (χ1v) is 17.8. The van der Waals surface area contributed by atoms with Crippen LogP contribution in [0.1, 0.15) is 38.2 Å². The Balaban J connectivity index is 1.36. The number of anilines is 2. The van der Waals surface area contributed by atoms with Crippen molar-refractivity contribution in [3.63, 3.8) is 0 Å². The van der Waals surface area contributed by atoms with Gasteiger partial charge in [0, 0.05) is 34.4 Å². The molecule has 0 spiro atoms. The van der Waals surface area contributed by atoms with Gasteiger partial charge in [-0.25, -0.2) is 9.98 Å². The van der Waals surface area contributed by atoms with Crippen LogP contribution >= 0.6 is 0 Å². The van der Waals surface area contributed by atoms with Crippen LogP contribution < -0.4 is 9.80 Å². The first kappa shape index (κ1) is 36.5. The van der Waals surface area contributed by atoms with Crippen LogP contribution in [-0.2, 0) is 9.59 Å². The SMILES string of the molecule is O=C(c1ccccc1)c1ccc(N2C(=O)C(=Cc3ccccc3[N+](=O)[O-])N=C2c2ccccc2)c(N2C(=O)C(=Cc3ccccc3[N+](=O)[O-])N=C2c2ccccc2)c1. The molecule has 0 unspecified atom stereocenters. The number of ketones is 1. The Hall–Kier alpha value is -8.45. The van der Waals surface area contributed by atoms with E-state index in [0.29, 0.717) is 16.7 Å². The summed E-state index contributed by atoms with van der Waals surface area (Å²) in [6.45, 7) is 0. The largest absolute Gasteiger partial charge is 0.289 e. The first-order valence-electron chi connectivity index (χ1n) is 17.8. The van der Waals surface area contributed by atoms with E-state index < -0.39 is 21.7 Å². The number of para-hydroxylation sites is 2. The molecule has 6 aromatic rings. The molecule has 280 valence electrons. The Labute approximate surface area is 330 Å². The van der Waals surface area contributed by atoms with Crippen LogP contribution in [0.3, 0.4) is 0 Å². The lowest BCUT2D eigenvalue weighted by Gasteiger charge is -2.27. The van der Waals surface area contributed by atoms with E-state index in [1.54, 1.807) is 103 Å². The van der Waals surface area contributed by atoms with Gasteiger partial charge in [-0.2, -0.15) is 0 Å². The normalized spacial score (nSPS) is 15.2. The monoisotopic (exact) mass is 764 g/mol. The number of amidine groups is 2. The quantitative estimate of drug-likeness (QED) is 0.0584. The van der Waals surface area contributed by atoms with Gasteiger partial charge in [-0.15, -0.1) is 0 Å². The van der Waals surface area contributed by atoms with Gasteiger partial charge in [0.05, 0.1) is 32.3 Å². The molecule has 6 aromatic carbocycles. The number of nitro groups is 2. The van der Waals surface area contributed by atoms with Crippen molar-refractivity contribution in [2.45, 2.75) is 0 Å². The van der Waals surface area contributed by atoms with Crippen LogP contribution in [0.2, 0.25) is 0 Å². The lowest BCUT2D eigenvalue weighted by atomic mass is 10.0. The van der Waals surface area contributed by atoms with E-state index in [1.807, 2.05) is 0 Å². The molecule has 0 fully saturated rings. The zero-order valence-corrected chi connectivity index (χ0v) is 30.2. The first-order chi connectivity index (χ1) is 28.2. The van der Waals surface area contributed by atoms with E-state index in [1.165, 1.54) is 76.5 Å². The fourth-order valence-electron chi connectivity index (χ4n) is 6.68. The van der Waals surface area contributed by atoms with Gasteiger partial charge in [0.15, 0.2) is 5.78 Å².